The van der Waals surface area contributed by atoms with Gasteiger partial charge in [0.15, 0.2) is 0 Å². The van der Waals surface area contributed by atoms with Gasteiger partial charge in [-0.15, -0.1) is 11.3 Å². The van der Waals surface area contributed by atoms with Crippen LogP contribution in [0.4, 0.5) is 0 Å². The maximum absolute atomic E-state index is 13.5. The second kappa shape index (κ2) is 6.95. The summed E-state index contributed by atoms with van der Waals surface area (Å²) in [5, 5.41) is 5.11. The molecule has 2 bridgehead atoms. The van der Waals surface area contributed by atoms with Gasteiger partial charge in [-0.3, -0.25) is 14.4 Å². The summed E-state index contributed by atoms with van der Waals surface area (Å²) in [7, 11) is 0. The van der Waals surface area contributed by atoms with Gasteiger partial charge in [-0.2, -0.15) is 0 Å². The minimum absolute atomic E-state index is 0.125. The summed E-state index contributed by atoms with van der Waals surface area (Å²) in [5.74, 6) is -2.44. The van der Waals surface area contributed by atoms with Crippen LogP contribution in [-0.4, -0.2) is 46.4 Å². The third-order valence-electron chi connectivity index (χ3n) is 6.81. The first-order valence-corrected chi connectivity index (χ1v) is 11.2. The maximum atomic E-state index is 13.5. The topological polar surface area (TPSA) is 102 Å². The zero-order valence-electron chi connectivity index (χ0n) is 16.1. The van der Waals surface area contributed by atoms with Gasteiger partial charge < -0.3 is 20.7 Å². The zero-order valence-corrected chi connectivity index (χ0v) is 16.9. The molecule has 1 saturated carbocycles. The van der Waals surface area contributed by atoms with Crippen molar-refractivity contribution in [3.05, 3.63) is 34.5 Å². The number of fused-ring (bicyclic) bond motifs is 1. The molecule has 4 heterocycles. The molecule has 3 fully saturated rings. The van der Waals surface area contributed by atoms with Gasteiger partial charge in [0.05, 0.1) is 24.5 Å². The molecule has 1 aliphatic carbocycles. The van der Waals surface area contributed by atoms with Crippen LogP contribution >= 0.6 is 11.3 Å². The molecule has 29 heavy (non-hydrogen) atoms. The number of hydrogen-bond acceptors (Lipinski definition) is 5. The van der Waals surface area contributed by atoms with Gasteiger partial charge in [-0.05, 0) is 24.3 Å². The van der Waals surface area contributed by atoms with E-state index in [1.165, 1.54) is 17.8 Å². The van der Waals surface area contributed by atoms with Crippen LogP contribution < -0.4 is 11.1 Å². The molecule has 1 spiro atoms. The largest absolute Gasteiger partial charge is 0.369 e. The first kappa shape index (κ1) is 18.8. The Hall–Kier alpha value is -2.19. The number of carbonyl (C=O) groups excluding carboxylic acids is 3. The average molecular weight is 416 g/mol. The van der Waals surface area contributed by atoms with E-state index in [1.807, 2.05) is 23.6 Å². The van der Waals surface area contributed by atoms with Crippen molar-refractivity contribution in [1.82, 2.24) is 10.2 Å². The highest BCUT2D eigenvalue weighted by Crippen LogP contribution is 2.55. The Morgan fingerprint density at radius 3 is 2.79 bits per heavy atom. The molecular formula is C21H25N3O4S. The van der Waals surface area contributed by atoms with Crippen molar-refractivity contribution in [1.29, 1.82) is 0 Å². The van der Waals surface area contributed by atoms with Crippen LogP contribution in [0.1, 0.15) is 37.0 Å². The van der Waals surface area contributed by atoms with E-state index in [0.29, 0.717) is 6.54 Å². The molecule has 3 N–H and O–H groups in total. The number of hydrogen-bond donors (Lipinski definition) is 2. The Bertz CT molecular complexity index is 863. The number of nitrogens with two attached hydrogens (primary N) is 1. The molecule has 0 radical (unpaired) electrons. The van der Waals surface area contributed by atoms with Gasteiger partial charge in [0.1, 0.15) is 11.6 Å². The van der Waals surface area contributed by atoms with Crippen molar-refractivity contribution >= 4 is 29.1 Å². The SMILES string of the molecule is NC(=O)[C@H]1[C@H]2C=C[C@]3(O2)[C@H]1C(=O)N(Cc1cccs1)[C@@H]3C(=O)NC1CCCCC1. The minimum atomic E-state index is -1.11. The lowest BCUT2D eigenvalue weighted by atomic mass is 9.74. The van der Waals surface area contributed by atoms with E-state index in [9.17, 15) is 14.4 Å². The fraction of sp³-hybridized carbons (Fsp3) is 0.571. The summed E-state index contributed by atoms with van der Waals surface area (Å²) in [5.41, 5.74) is 4.52. The van der Waals surface area contributed by atoms with Crippen molar-refractivity contribution in [3.63, 3.8) is 0 Å². The summed E-state index contributed by atoms with van der Waals surface area (Å²) >= 11 is 1.54. The molecule has 8 heteroatoms. The molecule has 1 aromatic heterocycles. The fourth-order valence-corrected chi connectivity index (χ4v) is 6.26. The standard InChI is InChI=1S/C21H25N3O4S/c22-18(25)15-14-8-9-21(28-14)16(15)20(27)24(11-13-7-4-10-29-13)17(21)19(26)23-12-5-2-1-3-6-12/h4,7-10,12,14-17H,1-3,5-6,11H2,(H2,22,25)(H,23,26)/t14-,15+,16-,17-,21+/m1/s1. The van der Waals surface area contributed by atoms with Crippen molar-refractivity contribution in [2.24, 2.45) is 17.6 Å². The Morgan fingerprint density at radius 1 is 1.31 bits per heavy atom. The quantitative estimate of drug-likeness (QED) is 0.709. The van der Waals surface area contributed by atoms with Gasteiger partial charge in [-0.25, -0.2) is 0 Å². The molecule has 5 atom stereocenters. The molecule has 1 aromatic rings. The Kier molecular flexibility index (Phi) is 4.51. The van der Waals surface area contributed by atoms with E-state index >= 15 is 0 Å². The van der Waals surface area contributed by atoms with Gasteiger partial charge >= 0.3 is 0 Å². The third-order valence-corrected chi connectivity index (χ3v) is 7.67. The smallest absolute Gasteiger partial charge is 0.246 e. The molecular weight excluding hydrogens is 390 g/mol. The number of nitrogens with zero attached hydrogens (tertiary/aromatic N) is 1. The number of thiophene rings is 1. The van der Waals surface area contributed by atoms with Crippen molar-refractivity contribution in [2.75, 3.05) is 0 Å². The van der Waals surface area contributed by atoms with Crippen molar-refractivity contribution in [2.45, 2.75) is 62.4 Å². The van der Waals surface area contributed by atoms with Gasteiger partial charge in [0.25, 0.3) is 0 Å². The zero-order chi connectivity index (χ0) is 20.2. The number of carbonyl (C=O) groups is 3. The molecule has 0 aromatic carbocycles. The molecule has 7 nitrogen and oxygen atoms in total. The molecule has 4 aliphatic rings. The summed E-state index contributed by atoms with van der Waals surface area (Å²) < 4.78 is 6.17. The fourth-order valence-electron chi connectivity index (χ4n) is 5.56. The third kappa shape index (κ3) is 2.84. The number of ether oxygens (including phenoxy) is 1. The van der Waals surface area contributed by atoms with E-state index in [-0.39, 0.29) is 17.9 Å². The lowest BCUT2D eigenvalue weighted by molar-refractivity contribution is -0.142. The van der Waals surface area contributed by atoms with Crippen LogP contribution in [0.25, 0.3) is 0 Å². The van der Waals surface area contributed by atoms with Crippen LogP contribution in [0.2, 0.25) is 0 Å². The summed E-state index contributed by atoms with van der Waals surface area (Å²) in [4.78, 5) is 41.6. The van der Waals surface area contributed by atoms with Crippen LogP contribution in [0.15, 0.2) is 29.7 Å². The molecule has 3 amide bonds. The number of primary amides is 1. The second-order valence-corrected chi connectivity index (χ2v) is 9.52. The number of amides is 3. The van der Waals surface area contributed by atoms with Gasteiger partial charge in [-0.1, -0.05) is 37.5 Å². The number of nitrogens with one attached hydrogen (secondary N) is 1. The molecule has 2 saturated heterocycles. The first-order chi connectivity index (χ1) is 14.0. The second-order valence-electron chi connectivity index (χ2n) is 8.49. The number of rotatable bonds is 5. The van der Waals surface area contributed by atoms with Gasteiger partial charge in [0, 0.05) is 10.9 Å². The molecule has 154 valence electrons. The van der Waals surface area contributed by atoms with E-state index in [0.717, 1.165) is 30.6 Å². The van der Waals surface area contributed by atoms with Gasteiger partial charge in [0.2, 0.25) is 17.7 Å². The minimum Gasteiger partial charge on any atom is -0.369 e. The monoisotopic (exact) mass is 415 g/mol. The summed E-state index contributed by atoms with van der Waals surface area (Å²) in [6.45, 7) is 0.324. The van der Waals surface area contributed by atoms with Crippen molar-refractivity contribution < 1.29 is 19.1 Å². The predicted octanol–water partition coefficient (Wildman–Crippen LogP) is 1.33. The van der Waals surface area contributed by atoms with Crippen LogP contribution in [0.3, 0.4) is 0 Å². The lowest BCUT2D eigenvalue weighted by Gasteiger charge is -2.34. The van der Waals surface area contributed by atoms with Crippen molar-refractivity contribution in [3.8, 4) is 0 Å². The predicted molar refractivity (Wildman–Crippen MR) is 107 cm³/mol. The Balaban J connectivity index is 1.49. The van der Waals surface area contributed by atoms with E-state index in [4.69, 9.17) is 10.5 Å². The molecule has 5 rings (SSSR count). The Labute approximate surface area is 173 Å². The Morgan fingerprint density at radius 2 is 2.10 bits per heavy atom. The van der Waals surface area contributed by atoms with E-state index in [2.05, 4.69) is 5.32 Å². The van der Waals surface area contributed by atoms with E-state index in [1.54, 1.807) is 11.0 Å². The first-order valence-electron chi connectivity index (χ1n) is 10.3. The highest BCUT2D eigenvalue weighted by atomic mass is 32.1. The average Bonchev–Trinajstić information content (AvgIpc) is 3.45. The van der Waals surface area contributed by atoms with Crippen LogP contribution in [0, 0.1) is 11.8 Å². The molecule has 0 unspecified atom stereocenters. The maximum Gasteiger partial charge on any atom is 0.246 e. The molecule has 3 aliphatic heterocycles. The summed E-state index contributed by atoms with van der Waals surface area (Å²) in [6.07, 6.45) is 8.38. The van der Waals surface area contributed by atoms with Crippen LogP contribution in [-0.2, 0) is 25.7 Å². The van der Waals surface area contributed by atoms with Crippen LogP contribution in [0.5, 0.6) is 0 Å². The number of likely N-dealkylation sites (tertiary alicyclic amines) is 1. The lowest BCUT2D eigenvalue weighted by Crippen LogP contribution is -2.56. The highest BCUT2D eigenvalue weighted by Gasteiger charge is 2.72. The normalized spacial score (nSPS) is 35.9. The van der Waals surface area contributed by atoms with E-state index < -0.39 is 35.5 Å². The highest BCUT2D eigenvalue weighted by molar-refractivity contribution is 7.09. The summed E-state index contributed by atoms with van der Waals surface area (Å²) in [6, 6.07) is 3.19.